The molecule has 14 nitrogen and oxygen atoms in total. The summed E-state index contributed by atoms with van der Waals surface area (Å²) in [5, 5.41) is 74.9. The molecule has 15 atom stereocenters. The third-order valence-corrected chi connectivity index (χ3v) is 6.38. The van der Waals surface area contributed by atoms with Crippen molar-refractivity contribution in [2.24, 2.45) is 0 Å². The monoisotopic (exact) mass is 497 g/mol. The van der Waals surface area contributed by atoms with Gasteiger partial charge in [0.05, 0.1) is 24.4 Å². The standard InChI is InChI=1S/C20H35NO13/c1-5-10(23)9(21-8(4)22)13(26)19(31-5)33-16-12(25)7(3)30-18(29)17(16)34-20-15(28)14(27)11(24)6(2)32-20/h5-7,9-20,23-29H,1-4H3,(H,21,22)/t5-,6+,7+,9+,10+,11+,12+,13-,14-,15-,16-,17-,18?,19-,20+/m1/s1. The zero-order valence-electron chi connectivity index (χ0n) is 19.2. The number of nitrogens with one attached hydrogen (secondary N) is 1. The number of rotatable bonds is 5. The van der Waals surface area contributed by atoms with Crippen molar-refractivity contribution in [2.75, 3.05) is 0 Å². The van der Waals surface area contributed by atoms with Gasteiger partial charge in [-0.3, -0.25) is 4.79 Å². The Morgan fingerprint density at radius 1 is 0.647 bits per heavy atom. The van der Waals surface area contributed by atoms with Crippen LogP contribution in [0.2, 0.25) is 0 Å². The van der Waals surface area contributed by atoms with Gasteiger partial charge in [-0.1, -0.05) is 0 Å². The smallest absolute Gasteiger partial charge is 0.217 e. The molecule has 8 N–H and O–H groups in total. The topological polar surface area (TPSA) is 217 Å². The van der Waals surface area contributed by atoms with Crippen molar-refractivity contribution in [3.8, 4) is 0 Å². The van der Waals surface area contributed by atoms with Crippen LogP contribution in [0, 0.1) is 0 Å². The van der Waals surface area contributed by atoms with Gasteiger partial charge < -0.3 is 64.7 Å². The summed E-state index contributed by atoms with van der Waals surface area (Å²) >= 11 is 0. The van der Waals surface area contributed by atoms with Crippen LogP contribution in [0.4, 0.5) is 0 Å². The summed E-state index contributed by atoms with van der Waals surface area (Å²) in [7, 11) is 0. The van der Waals surface area contributed by atoms with Gasteiger partial charge in [0, 0.05) is 6.92 Å². The highest BCUT2D eigenvalue weighted by Crippen LogP contribution is 2.32. The molecule has 3 heterocycles. The van der Waals surface area contributed by atoms with Gasteiger partial charge >= 0.3 is 0 Å². The van der Waals surface area contributed by atoms with Gasteiger partial charge in [0.15, 0.2) is 18.9 Å². The second-order valence-corrected chi connectivity index (χ2v) is 9.02. The number of ether oxygens (including phenoxy) is 5. The van der Waals surface area contributed by atoms with Crippen molar-refractivity contribution >= 4 is 5.91 Å². The lowest BCUT2D eigenvalue weighted by molar-refractivity contribution is -0.379. The lowest BCUT2D eigenvalue weighted by Crippen LogP contribution is -2.67. The third kappa shape index (κ3) is 5.53. The number of carbonyl (C=O) groups is 1. The van der Waals surface area contributed by atoms with E-state index < -0.39 is 98.0 Å². The molecule has 1 unspecified atom stereocenters. The minimum atomic E-state index is -1.70. The van der Waals surface area contributed by atoms with Crippen LogP contribution < -0.4 is 5.32 Å². The molecule has 0 saturated carbocycles. The highest BCUT2D eigenvalue weighted by atomic mass is 16.8. The molecule has 3 aliphatic rings. The Morgan fingerprint density at radius 3 is 1.74 bits per heavy atom. The van der Waals surface area contributed by atoms with E-state index in [1.54, 1.807) is 0 Å². The van der Waals surface area contributed by atoms with Gasteiger partial charge in [0.25, 0.3) is 0 Å². The molecule has 0 aliphatic carbocycles. The average molecular weight is 497 g/mol. The predicted octanol–water partition coefficient (Wildman–Crippen LogP) is -4.35. The van der Waals surface area contributed by atoms with E-state index in [1.807, 2.05) is 0 Å². The molecule has 34 heavy (non-hydrogen) atoms. The van der Waals surface area contributed by atoms with Crippen molar-refractivity contribution in [3.63, 3.8) is 0 Å². The summed E-state index contributed by atoms with van der Waals surface area (Å²) in [4.78, 5) is 11.5. The Morgan fingerprint density at radius 2 is 1.15 bits per heavy atom. The van der Waals surface area contributed by atoms with Crippen molar-refractivity contribution in [1.82, 2.24) is 5.32 Å². The van der Waals surface area contributed by atoms with Crippen LogP contribution in [0.1, 0.15) is 27.7 Å². The SMILES string of the molecule is CC(=O)N[C@H]1[C@@H](O)[C@@H](C)O[C@H](O[C@@H]2[C@@H](O)[C@H](C)OC(O)[C@@H]2O[C@@H]2O[C@@H](C)[C@H](O)[C@@H](O)[C@H]2O)[C@@H]1O. The minimum absolute atomic E-state index is 0.509. The maximum atomic E-state index is 11.5. The molecule has 0 aromatic rings. The molecular weight excluding hydrogens is 462 g/mol. The second kappa shape index (κ2) is 10.9. The fraction of sp³-hybridized carbons (Fsp3) is 0.950. The first-order valence-corrected chi connectivity index (χ1v) is 11.1. The van der Waals surface area contributed by atoms with Crippen molar-refractivity contribution < 1.29 is 64.2 Å². The maximum absolute atomic E-state index is 11.5. The molecule has 0 bridgehead atoms. The number of aliphatic hydroxyl groups excluding tert-OH is 7. The summed E-state index contributed by atoms with van der Waals surface area (Å²) in [6.07, 6.45) is -19.3. The maximum Gasteiger partial charge on any atom is 0.217 e. The van der Waals surface area contributed by atoms with E-state index in [1.165, 1.54) is 27.7 Å². The molecule has 3 rings (SSSR count). The first-order chi connectivity index (χ1) is 15.8. The van der Waals surface area contributed by atoms with Crippen molar-refractivity contribution in [2.45, 2.75) is 120 Å². The molecule has 0 spiro atoms. The molecule has 0 aromatic heterocycles. The van der Waals surface area contributed by atoms with Crippen LogP contribution in [0.25, 0.3) is 0 Å². The van der Waals surface area contributed by atoms with E-state index in [4.69, 9.17) is 23.7 Å². The van der Waals surface area contributed by atoms with Gasteiger partial charge in [0.2, 0.25) is 5.91 Å². The number of amides is 1. The summed E-state index contributed by atoms with van der Waals surface area (Å²) in [5.41, 5.74) is 0. The first-order valence-electron chi connectivity index (χ1n) is 11.1. The molecule has 3 saturated heterocycles. The fourth-order valence-electron chi connectivity index (χ4n) is 4.29. The van der Waals surface area contributed by atoms with E-state index >= 15 is 0 Å². The molecule has 1 amide bonds. The summed E-state index contributed by atoms with van der Waals surface area (Å²) in [6.45, 7) is 5.60. The lowest BCUT2D eigenvalue weighted by Gasteiger charge is -2.48. The molecule has 14 heteroatoms. The quantitative estimate of drug-likeness (QED) is 0.180. The lowest BCUT2D eigenvalue weighted by atomic mass is 9.95. The number of carbonyl (C=O) groups excluding carboxylic acids is 1. The van der Waals surface area contributed by atoms with Gasteiger partial charge in [-0.05, 0) is 20.8 Å². The van der Waals surface area contributed by atoms with Crippen LogP contribution in [0.15, 0.2) is 0 Å². The molecular formula is C20H35NO13. The number of hydrogen-bond donors (Lipinski definition) is 8. The van der Waals surface area contributed by atoms with Crippen molar-refractivity contribution in [3.05, 3.63) is 0 Å². The Bertz CT molecular complexity index is 699. The highest BCUT2D eigenvalue weighted by Gasteiger charge is 2.52. The summed E-state index contributed by atoms with van der Waals surface area (Å²) in [6, 6.07) is -1.15. The zero-order valence-corrected chi connectivity index (χ0v) is 19.2. The Labute approximate surface area is 195 Å². The van der Waals surface area contributed by atoms with Gasteiger partial charge in [-0.15, -0.1) is 0 Å². The van der Waals surface area contributed by atoms with Crippen LogP contribution >= 0.6 is 0 Å². The second-order valence-electron chi connectivity index (χ2n) is 9.02. The number of aliphatic hydroxyl groups is 7. The van der Waals surface area contributed by atoms with E-state index in [2.05, 4.69) is 5.32 Å². The summed E-state index contributed by atoms with van der Waals surface area (Å²) in [5.74, 6) is -0.509. The summed E-state index contributed by atoms with van der Waals surface area (Å²) < 4.78 is 27.6. The largest absolute Gasteiger partial charge is 0.388 e. The number of hydrogen-bond acceptors (Lipinski definition) is 13. The van der Waals surface area contributed by atoms with Gasteiger partial charge in [-0.25, -0.2) is 0 Å². The highest BCUT2D eigenvalue weighted by molar-refractivity contribution is 5.73. The third-order valence-electron chi connectivity index (χ3n) is 6.38. The van der Waals surface area contributed by atoms with E-state index in [0.29, 0.717) is 0 Å². The van der Waals surface area contributed by atoms with E-state index in [9.17, 15) is 40.5 Å². The minimum Gasteiger partial charge on any atom is -0.388 e. The molecule has 198 valence electrons. The predicted molar refractivity (Wildman–Crippen MR) is 109 cm³/mol. The van der Waals surface area contributed by atoms with Crippen LogP contribution in [0.3, 0.4) is 0 Å². The van der Waals surface area contributed by atoms with Gasteiger partial charge in [-0.2, -0.15) is 0 Å². The Balaban J connectivity index is 1.81. The average Bonchev–Trinajstić information content (AvgIpc) is 2.77. The zero-order chi connectivity index (χ0) is 25.5. The van der Waals surface area contributed by atoms with Crippen molar-refractivity contribution in [1.29, 1.82) is 0 Å². The Hall–Kier alpha value is -1.01. The van der Waals surface area contributed by atoms with Crippen LogP contribution in [-0.2, 0) is 28.5 Å². The van der Waals surface area contributed by atoms with Gasteiger partial charge in [0.1, 0.15) is 48.8 Å². The fourth-order valence-corrected chi connectivity index (χ4v) is 4.29. The van der Waals surface area contributed by atoms with Crippen LogP contribution in [-0.4, -0.2) is 134 Å². The van der Waals surface area contributed by atoms with Crippen LogP contribution in [0.5, 0.6) is 0 Å². The van der Waals surface area contributed by atoms with E-state index in [-0.39, 0.29) is 0 Å². The normalized spacial score (nSPS) is 52.3. The molecule has 3 aliphatic heterocycles. The molecule has 3 fully saturated rings. The Kier molecular flexibility index (Phi) is 8.87. The van der Waals surface area contributed by atoms with E-state index in [0.717, 1.165) is 0 Å². The molecule has 0 aromatic carbocycles. The first kappa shape index (κ1) is 27.6. The molecule has 0 radical (unpaired) electrons.